The van der Waals surface area contributed by atoms with Crippen molar-refractivity contribution in [1.29, 1.82) is 0 Å². The molecule has 0 aromatic rings. The SMILES string of the molecule is COCC(C)(NCC1CCCO1)C(=O)O. The van der Waals surface area contributed by atoms with Crippen LogP contribution in [-0.4, -0.2) is 49.6 Å². The van der Waals surface area contributed by atoms with Gasteiger partial charge in [0.2, 0.25) is 0 Å². The van der Waals surface area contributed by atoms with E-state index in [4.69, 9.17) is 14.6 Å². The number of nitrogens with one attached hydrogen (secondary N) is 1. The first kappa shape index (κ1) is 12.4. The Morgan fingerprint density at radius 3 is 2.93 bits per heavy atom. The fourth-order valence-corrected chi connectivity index (χ4v) is 1.62. The zero-order valence-electron chi connectivity index (χ0n) is 9.28. The molecule has 88 valence electrons. The highest BCUT2D eigenvalue weighted by atomic mass is 16.5. The minimum Gasteiger partial charge on any atom is -0.480 e. The number of hydrogen-bond donors (Lipinski definition) is 2. The van der Waals surface area contributed by atoms with Crippen molar-refractivity contribution < 1.29 is 19.4 Å². The van der Waals surface area contributed by atoms with Gasteiger partial charge < -0.3 is 14.6 Å². The smallest absolute Gasteiger partial charge is 0.326 e. The molecule has 1 fully saturated rings. The lowest BCUT2D eigenvalue weighted by atomic mass is 10.0. The number of carboxylic acids is 1. The van der Waals surface area contributed by atoms with Crippen LogP contribution in [0.15, 0.2) is 0 Å². The van der Waals surface area contributed by atoms with Crippen molar-refractivity contribution in [3.05, 3.63) is 0 Å². The zero-order chi connectivity index (χ0) is 11.3. The second kappa shape index (κ2) is 5.44. The normalized spacial score (nSPS) is 25.1. The number of hydrogen-bond acceptors (Lipinski definition) is 4. The van der Waals surface area contributed by atoms with Crippen LogP contribution in [0.3, 0.4) is 0 Å². The van der Waals surface area contributed by atoms with Crippen molar-refractivity contribution in [3.8, 4) is 0 Å². The van der Waals surface area contributed by atoms with E-state index >= 15 is 0 Å². The second-order valence-corrected chi connectivity index (χ2v) is 4.09. The molecule has 2 N–H and O–H groups in total. The fourth-order valence-electron chi connectivity index (χ4n) is 1.62. The maximum Gasteiger partial charge on any atom is 0.326 e. The third-order valence-electron chi connectivity index (χ3n) is 2.65. The first-order valence-corrected chi connectivity index (χ1v) is 5.17. The highest BCUT2D eigenvalue weighted by Gasteiger charge is 2.33. The molecule has 1 heterocycles. The topological polar surface area (TPSA) is 67.8 Å². The van der Waals surface area contributed by atoms with Crippen molar-refractivity contribution in [3.63, 3.8) is 0 Å². The van der Waals surface area contributed by atoms with Crippen LogP contribution in [0.5, 0.6) is 0 Å². The first-order chi connectivity index (χ1) is 7.08. The standard InChI is InChI=1S/C10H19NO4/c1-10(7-14-2,9(12)13)11-6-8-4-3-5-15-8/h8,11H,3-7H2,1-2H3,(H,12,13). The summed E-state index contributed by atoms with van der Waals surface area (Å²) in [6.07, 6.45) is 2.19. The Labute approximate surface area is 89.8 Å². The number of aliphatic carboxylic acids is 1. The van der Waals surface area contributed by atoms with Gasteiger partial charge in [-0.3, -0.25) is 10.1 Å². The fraction of sp³-hybridized carbons (Fsp3) is 0.900. The molecule has 0 amide bonds. The van der Waals surface area contributed by atoms with Gasteiger partial charge >= 0.3 is 5.97 Å². The predicted octanol–water partition coefficient (Wildman–Crippen LogP) is 0.245. The first-order valence-electron chi connectivity index (χ1n) is 5.17. The van der Waals surface area contributed by atoms with Crippen molar-refractivity contribution in [2.24, 2.45) is 0 Å². The highest BCUT2D eigenvalue weighted by molar-refractivity contribution is 5.78. The Bertz CT molecular complexity index is 215. The predicted molar refractivity (Wildman–Crippen MR) is 54.9 cm³/mol. The van der Waals surface area contributed by atoms with Crippen LogP contribution < -0.4 is 5.32 Å². The van der Waals surface area contributed by atoms with Gasteiger partial charge in [0.1, 0.15) is 5.54 Å². The summed E-state index contributed by atoms with van der Waals surface area (Å²) < 4.78 is 10.3. The molecule has 5 heteroatoms. The van der Waals surface area contributed by atoms with Crippen molar-refractivity contribution >= 4 is 5.97 Å². The average Bonchev–Trinajstić information content (AvgIpc) is 2.67. The molecular formula is C10H19NO4. The number of methoxy groups -OCH3 is 1. The Kier molecular flexibility index (Phi) is 4.50. The van der Waals surface area contributed by atoms with E-state index in [0.717, 1.165) is 19.4 Å². The molecule has 1 saturated heterocycles. The summed E-state index contributed by atoms with van der Waals surface area (Å²) in [5.41, 5.74) is -1.03. The van der Waals surface area contributed by atoms with Crippen LogP contribution in [0.25, 0.3) is 0 Å². The van der Waals surface area contributed by atoms with Crippen LogP contribution >= 0.6 is 0 Å². The molecule has 2 atom stereocenters. The molecule has 0 aromatic heterocycles. The largest absolute Gasteiger partial charge is 0.480 e. The van der Waals surface area contributed by atoms with Crippen LogP contribution in [0.4, 0.5) is 0 Å². The maximum absolute atomic E-state index is 11.0. The van der Waals surface area contributed by atoms with Gasteiger partial charge in [-0.05, 0) is 19.8 Å². The molecule has 0 saturated carbocycles. The zero-order valence-corrected chi connectivity index (χ0v) is 9.28. The molecule has 0 aromatic carbocycles. The molecule has 0 bridgehead atoms. The molecular weight excluding hydrogens is 198 g/mol. The van der Waals surface area contributed by atoms with Crippen LogP contribution in [0.1, 0.15) is 19.8 Å². The van der Waals surface area contributed by atoms with Crippen LogP contribution in [-0.2, 0) is 14.3 Å². The van der Waals surface area contributed by atoms with Crippen molar-refractivity contribution in [2.75, 3.05) is 26.9 Å². The van der Waals surface area contributed by atoms with E-state index in [9.17, 15) is 4.79 Å². The van der Waals surface area contributed by atoms with Crippen molar-refractivity contribution in [1.82, 2.24) is 5.32 Å². The third kappa shape index (κ3) is 3.44. The van der Waals surface area contributed by atoms with Crippen LogP contribution in [0, 0.1) is 0 Å². The Morgan fingerprint density at radius 2 is 2.47 bits per heavy atom. The quantitative estimate of drug-likeness (QED) is 0.667. The summed E-state index contributed by atoms with van der Waals surface area (Å²) in [6, 6.07) is 0. The molecule has 2 unspecified atom stereocenters. The molecule has 0 radical (unpaired) electrons. The summed E-state index contributed by atoms with van der Waals surface area (Å²) in [4.78, 5) is 11.0. The highest BCUT2D eigenvalue weighted by Crippen LogP contribution is 2.13. The van der Waals surface area contributed by atoms with Gasteiger partial charge in [-0.1, -0.05) is 0 Å². The van der Waals surface area contributed by atoms with E-state index < -0.39 is 11.5 Å². The summed E-state index contributed by atoms with van der Waals surface area (Å²) >= 11 is 0. The van der Waals surface area contributed by atoms with E-state index in [1.54, 1.807) is 6.92 Å². The summed E-state index contributed by atoms with van der Waals surface area (Å²) in [7, 11) is 1.49. The minimum absolute atomic E-state index is 0.139. The number of carboxylic acid groups (broad SMARTS) is 1. The van der Waals surface area contributed by atoms with E-state index in [-0.39, 0.29) is 12.7 Å². The Morgan fingerprint density at radius 1 is 1.73 bits per heavy atom. The molecule has 15 heavy (non-hydrogen) atoms. The lowest BCUT2D eigenvalue weighted by molar-refractivity contribution is -0.146. The maximum atomic E-state index is 11.0. The van der Waals surface area contributed by atoms with E-state index in [0.29, 0.717) is 6.54 Å². The molecule has 1 rings (SSSR count). The van der Waals surface area contributed by atoms with Gasteiger partial charge in [0.05, 0.1) is 12.7 Å². The number of ether oxygens (including phenoxy) is 2. The van der Waals surface area contributed by atoms with Gasteiger partial charge in [0.25, 0.3) is 0 Å². The van der Waals surface area contributed by atoms with Gasteiger partial charge in [0, 0.05) is 20.3 Å². The molecule has 1 aliphatic heterocycles. The molecule has 0 spiro atoms. The lowest BCUT2D eigenvalue weighted by Gasteiger charge is -2.26. The monoisotopic (exact) mass is 217 g/mol. The van der Waals surface area contributed by atoms with E-state index in [1.807, 2.05) is 0 Å². The second-order valence-electron chi connectivity index (χ2n) is 4.09. The minimum atomic E-state index is -1.03. The molecule has 1 aliphatic rings. The third-order valence-corrected chi connectivity index (χ3v) is 2.65. The molecule has 5 nitrogen and oxygen atoms in total. The van der Waals surface area contributed by atoms with Gasteiger partial charge in [-0.25, -0.2) is 0 Å². The average molecular weight is 217 g/mol. The van der Waals surface area contributed by atoms with E-state index in [1.165, 1.54) is 7.11 Å². The van der Waals surface area contributed by atoms with Gasteiger partial charge in [0.15, 0.2) is 0 Å². The number of carbonyl (C=O) groups is 1. The summed E-state index contributed by atoms with van der Waals surface area (Å²) in [5.74, 6) is -0.901. The Balaban J connectivity index is 2.40. The summed E-state index contributed by atoms with van der Waals surface area (Å²) in [5, 5.41) is 12.0. The van der Waals surface area contributed by atoms with Crippen molar-refractivity contribution in [2.45, 2.75) is 31.4 Å². The van der Waals surface area contributed by atoms with Gasteiger partial charge in [-0.15, -0.1) is 0 Å². The summed E-state index contributed by atoms with van der Waals surface area (Å²) in [6.45, 7) is 3.11. The Hall–Kier alpha value is -0.650. The lowest BCUT2D eigenvalue weighted by Crippen LogP contribution is -2.54. The number of rotatable bonds is 6. The van der Waals surface area contributed by atoms with E-state index in [2.05, 4.69) is 5.32 Å². The van der Waals surface area contributed by atoms with Gasteiger partial charge in [-0.2, -0.15) is 0 Å². The molecule has 0 aliphatic carbocycles. The van der Waals surface area contributed by atoms with Crippen LogP contribution in [0.2, 0.25) is 0 Å².